The summed E-state index contributed by atoms with van der Waals surface area (Å²) in [6, 6.07) is 11.7. The number of nitrogens with zero attached hydrogens (tertiary/aromatic N) is 3. The highest BCUT2D eigenvalue weighted by Crippen LogP contribution is 2.23. The zero-order valence-corrected chi connectivity index (χ0v) is 17.4. The number of rotatable bonds is 7. The predicted octanol–water partition coefficient (Wildman–Crippen LogP) is 3.36. The van der Waals surface area contributed by atoms with Crippen molar-refractivity contribution in [1.82, 2.24) is 20.1 Å². The summed E-state index contributed by atoms with van der Waals surface area (Å²) in [7, 11) is 2.16. The third-order valence-corrected chi connectivity index (χ3v) is 5.73. The van der Waals surface area contributed by atoms with Crippen LogP contribution in [0.25, 0.3) is 0 Å². The second-order valence-electron chi connectivity index (χ2n) is 7.57. The summed E-state index contributed by atoms with van der Waals surface area (Å²) in [6.07, 6.45) is 4.90. The number of hydrogen-bond acceptors (Lipinski definition) is 4. The Balaban J connectivity index is 1.60. The van der Waals surface area contributed by atoms with Gasteiger partial charge in [-0.05, 0) is 49.7 Å². The monoisotopic (exact) mass is 400 g/mol. The molecule has 150 valence electrons. The molecule has 3 rings (SSSR count). The maximum atomic E-state index is 12.7. The van der Waals surface area contributed by atoms with Crippen molar-refractivity contribution in [3.8, 4) is 0 Å². The van der Waals surface area contributed by atoms with Crippen molar-refractivity contribution < 1.29 is 4.79 Å². The van der Waals surface area contributed by atoms with Crippen LogP contribution in [0, 0.1) is 0 Å². The van der Waals surface area contributed by atoms with Crippen LogP contribution >= 0.6 is 11.6 Å². The zero-order valence-electron chi connectivity index (χ0n) is 16.6. The Hall–Kier alpha value is -1.95. The number of hydrogen-bond donors (Lipinski definition) is 1. The van der Waals surface area contributed by atoms with Crippen LogP contribution in [-0.4, -0.2) is 60.0 Å². The molecule has 1 aromatic heterocycles. The topological polar surface area (TPSA) is 48.5 Å². The van der Waals surface area contributed by atoms with Gasteiger partial charge in [0.1, 0.15) is 0 Å². The first-order chi connectivity index (χ1) is 13.5. The highest BCUT2D eigenvalue weighted by atomic mass is 35.5. The molecule has 6 heteroatoms. The van der Waals surface area contributed by atoms with Crippen LogP contribution in [0.5, 0.6) is 0 Å². The van der Waals surface area contributed by atoms with Gasteiger partial charge in [-0.25, -0.2) is 0 Å². The summed E-state index contributed by atoms with van der Waals surface area (Å²) in [4.78, 5) is 21.8. The molecule has 1 aliphatic heterocycles. The van der Waals surface area contributed by atoms with Crippen LogP contribution in [0.1, 0.15) is 36.9 Å². The molecule has 1 fully saturated rings. The second kappa shape index (κ2) is 10.0. The van der Waals surface area contributed by atoms with Gasteiger partial charge in [0.2, 0.25) is 5.91 Å². The van der Waals surface area contributed by atoms with E-state index in [0.29, 0.717) is 17.5 Å². The quantitative estimate of drug-likeness (QED) is 0.774. The Morgan fingerprint density at radius 3 is 2.50 bits per heavy atom. The first-order valence-corrected chi connectivity index (χ1v) is 10.3. The van der Waals surface area contributed by atoms with Crippen LogP contribution in [0.3, 0.4) is 0 Å². The molecular weight excluding hydrogens is 372 g/mol. The van der Waals surface area contributed by atoms with Crippen molar-refractivity contribution >= 4 is 17.5 Å². The van der Waals surface area contributed by atoms with E-state index in [4.69, 9.17) is 11.6 Å². The summed E-state index contributed by atoms with van der Waals surface area (Å²) in [5.74, 6) is 0.0600. The van der Waals surface area contributed by atoms with E-state index in [1.165, 1.54) is 0 Å². The number of pyridine rings is 1. The molecule has 0 saturated carbocycles. The zero-order chi connectivity index (χ0) is 19.9. The normalized spacial score (nSPS) is 17.8. The average molecular weight is 401 g/mol. The maximum Gasteiger partial charge on any atom is 0.220 e. The van der Waals surface area contributed by atoms with E-state index in [1.54, 1.807) is 12.4 Å². The number of benzene rings is 1. The van der Waals surface area contributed by atoms with Crippen molar-refractivity contribution in [2.45, 2.75) is 31.8 Å². The minimum Gasteiger partial charge on any atom is -0.345 e. The third kappa shape index (κ3) is 5.77. The maximum absolute atomic E-state index is 12.7. The third-order valence-electron chi connectivity index (χ3n) is 5.48. The SMILES string of the molecule is C[C@@H](CCC(=O)N[C@@H](c1ccc(Cl)cc1)c1cccnc1)N1CCN(C)CC1. The van der Waals surface area contributed by atoms with Crippen LogP contribution in [0.4, 0.5) is 0 Å². The smallest absolute Gasteiger partial charge is 0.220 e. The second-order valence-corrected chi connectivity index (χ2v) is 8.00. The Morgan fingerprint density at radius 2 is 1.86 bits per heavy atom. The van der Waals surface area contributed by atoms with Gasteiger partial charge in [-0.3, -0.25) is 14.7 Å². The first-order valence-electron chi connectivity index (χ1n) is 9.90. The summed E-state index contributed by atoms with van der Waals surface area (Å²) < 4.78 is 0. The summed E-state index contributed by atoms with van der Waals surface area (Å²) in [6.45, 7) is 6.55. The van der Waals surface area contributed by atoms with Gasteiger partial charge in [-0.1, -0.05) is 29.8 Å². The highest BCUT2D eigenvalue weighted by Gasteiger charge is 2.21. The molecule has 0 radical (unpaired) electrons. The van der Waals surface area contributed by atoms with Crippen molar-refractivity contribution in [2.75, 3.05) is 33.2 Å². The number of aromatic nitrogens is 1. The molecule has 2 heterocycles. The van der Waals surface area contributed by atoms with E-state index in [2.05, 4.69) is 34.1 Å². The number of nitrogens with one attached hydrogen (secondary N) is 1. The molecule has 0 spiro atoms. The molecule has 28 heavy (non-hydrogen) atoms. The average Bonchev–Trinajstić information content (AvgIpc) is 2.72. The van der Waals surface area contributed by atoms with Gasteiger partial charge in [0.25, 0.3) is 0 Å². The standard InChI is InChI=1S/C22H29ClN4O/c1-17(27-14-12-26(2)13-15-27)5-10-21(28)25-22(19-4-3-11-24-16-19)18-6-8-20(23)9-7-18/h3-4,6-9,11,16-17,22H,5,10,12-15H2,1-2H3,(H,25,28)/t17-,22-/m0/s1. The number of carbonyl (C=O) groups is 1. The van der Waals surface area contributed by atoms with Gasteiger partial charge in [-0.2, -0.15) is 0 Å². The van der Waals surface area contributed by atoms with Gasteiger partial charge in [0.05, 0.1) is 6.04 Å². The van der Waals surface area contributed by atoms with Gasteiger partial charge in [-0.15, -0.1) is 0 Å². The number of amides is 1. The molecule has 0 aliphatic carbocycles. The number of piperazine rings is 1. The number of halogens is 1. The minimum absolute atomic E-state index is 0.0600. The van der Waals surface area contributed by atoms with Gasteiger partial charge < -0.3 is 10.2 Å². The molecule has 0 unspecified atom stereocenters. The number of likely N-dealkylation sites (N-methyl/N-ethyl adjacent to an activating group) is 1. The molecule has 2 atom stereocenters. The van der Waals surface area contributed by atoms with E-state index in [1.807, 2.05) is 36.4 Å². The van der Waals surface area contributed by atoms with Gasteiger partial charge in [0.15, 0.2) is 0 Å². The molecule has 1 amide bonds. The van der Waals surface area contributed by atoms with E-state index in [9.17, 15) is 4.79 Å². The Kier molecular flexibility index (Phi) is 7.43. The fraction of sp³-hybridized carbons (Fsp3) is 0.455. The van der Waals surface area contributed by atoms with E-state index < -0.39 is 0 Å². The lowest BCUT2D eigenvalue weighted by Gasteiger charge is -2.36. The molecule has 2 aromatic rings. The molecule has 1 aromatic carbocycles. The van der Waals surface area contributed by atoms with Gasteiger partial charge >= 0.3 is 0 Å². The van der Waals surface area contributed by atoms with Crippen molar-refractivity contribution in [3.05, 3.63) is 64.9 Å². The lowest BCUT2D eigenvalue weighted by Crippen LogP contribution is -2.48. The van der Waals surface area contributed by atoms with Crippen molar-refractivity contribution in [2.24, 2.45) is 0 Å². The van der Waals surface area contributed by atoms with Crippen molar-refractivity contribution in [1.29, 1.82) is 0 Å². The van der Waals surface area contributed by atoms with E-state index in [0.717, 1.165) is 43.7 Å². The molecule has 0 bridgehead atoms. The fourth-order valence-electron chi connectivity index (χ4n) is 3.58. The minimum atomic E-state index is -0.225. The summed E-state index contributed by atoms with van der Waals surface area (Å²) in [5, 5.41) is 3.87. The fourth-order valence-corrected chi connectivity index (χ4v) is 3.71. The lowest BCUT2D eigenvalue weighted by molar-refractivity contribution is -0.122. The van der Waals surface area contributed by atoms with Crippen molar-refractivity contribution in [3.63, 3.8) is 0 Å². The molecule has 1 N–H and O–H groups in total. The van der Waals surface area contributed by atoms with E-state index in [-0.39, 0.29) is 11.9 Å². The Bertz CT molecular complexity index is 745. The molecule has 1 aliphatic rings. The molecule has 1 saturated heterocycles. The molecule has 5 nitrogen and oxygen atoms in total. The Labute approximate surface area is 172 Å². The van der Waals surface area contributed by atoms with Crippen LogP contribution < -0.4 is 5.32 Å². The Morgan fingerprint density at radius 1 is 1.14 bits per heavy atom. The first kappa shape index (κ1) is 20.8. The number of carbonyl (C=O) groups excluding carboxylic acids is 1. The predicted molar refractivity (Wildman–Crippen MR) is 113 cm³/mol. The largest absolute Gasteiger partial charge is 0.345 e. The van der Waals surface area contributed by atoms with E-state index >= 15 is 0 Å². The lowest BCUT2D eigenvalue weighted by atomic mass is 9.99. The highest BCUT2D eigenvalue weighted by molar-refractivity contribution is 6.30. The van der Waals surface area contributed by atoms with Crippen LogP contribution in [0.15, 0.2) is 48.8 Å². The van der Waals surface area contributed by atoms with Crippen LogP contribution in [0.2, 0.25) is 5.02 Å². The van der Waals surface area contributed by atoms with Crippen LogP contribution in [-0.2, 0) is 4.79 Å². The van der Waals surface area contributed by atoms with Gasteiger partial charge in [0, 0.05) is 56.1 Å². The summed E-state index contributed by atoms with van der Waals surface area (Å²) in [5.41, 5.74) is 1.96. The summed E-state index contributed by atoms with van der Waals surface area (Å²) >= 11 is 6.03. The molecular formula is C22H29ClN4O.